The molecule has 1 aliphatic heterocycles. The zero-order chi connectivity index (χ0) is 14.8. The Labute approximate surface area is 118 Å². The summed E-state index contributed by atoms with van der Waals surface area (Å²) >= 11 is 0. The van der Waals surface area contributed by atoms with Crippen LogP contribution in [0.2, 0.25) is 0 Å². The second kappa shape index (κ2) is 6.16. The van der Waals surface area contributed by atoms with Gasteiger partial charge in [-0.3, -0.25) is 4.90 Å². The molecule has 1 aromatic carbocycles. The summed E-state index contributed by atoms with van der Waals surface area (Å²) in [5, 5.41) is 0. The number of benzene rings is 1. The van der Waals surface area contributed by atoms with Gasteiger partial charge in [0.15, 0.2) is 11.6 Å². The van der Waals surface area contributed by atoms with Crippen molar-refractivity contribution in [3.63, 3.8) is 0 Å². The summed E-state index contributed by atoms with van der Waals surface area (Å²) < 4.78 is 31.5. The molecular formula is C15H22F2N2O. The predicted octanol–water partition coefficient (Wildman–Crippen LogP) is 1.95. The third-order valence-electron chi connectivity index (χ3n) is 4.17. The molecule has 0 saturated carbocycles. The molecule has 1 unspecified atom stereocenters. The van der Waals surface area contributed by atoms with E-state index in [4.69, 9.17) is 10.5 Å². The molecular weight excluding hydrogens is 262 g/mol. The zero-order valence-corrected chi connectivity index (χ0v) is 12.0. The van der Waals surface area contributed by atoms with Gasteiger partial charge in [-0.15, -0.1) is 0 Å². The minimum atomic E-state index is -0.824. The fourth-order valence-electron chi connectivity index (χ4n) is 2.54. The molecule has 0 bridgehead atoms. The standard InChI is InChI=1S/C15H22F2N2O/c1-15(2,19-5-7-20-8-6-19)14(18)10-11-3-4-12(16)13(17)9-11/h3-4,9,14H,5-8,10,18H2,1-2H3. The van der Waals surface area contributed by atoms with Crippen LogP contribution >= 0.6 is 0 Å². The minimum Gasteiger partial charge on any atom is -0.379 e. The van der Waals surface area contributed by atoms with Crippen LogP contribution in [0.5, 0.6) is 0 Å². The smallest absolute Gasteiger partial charge is 0.159 e. The van der Waals surface area contributed by atoms with Gasteiger partial charge in [0.05, 0.1) is 13.2 Å². The van der Waals surface area contributed by atoms with Crippen LogP contribution < -0.4 is 5.73 Å². The number of nitrogens with two attached hydrogens (primary N) is 1. The zero-order valence-electron chi connectivity index (χ0n) is 12.0. The fourth-order valence-corrected chi connectivity index (χ4v) is 2.54. The number of rotatable bonds is 4. The molecule has 20 heavy (non-hydrogen) atoms. The van der Waals surface area contributed by atoms with Gasteiger partial charge in [0.1, 0.15) is 0 Å². The lowest BCUT2D eigenvalue weighted by Crippen LogP contribution is -2.59. The van der Waals surface area contributed by atoms with Gasteiger partial charge in [0, 0.05) is 24.7 Å². The molecule has 112 valence electrons. The van der Waals surface area contributed by atoms with Crippen LogP contribution in [0.1, 0.15) is 19.4 Å². The first kappa shape index (κ1) is 15.4. The largest absolute Gasteiger partial charge is 0.379 e. The average molecular weight is 284 g/mol. The van der Waals surface area contributed by atoms with Crippen molar-refractivity contribution in [3.8, 4) is 0 Å². The highest BCUT2D eigenvalue weighted by Gasteiger charge is 2.34. The molecule has 2 N–H and O–H groups in total. The minimum absolute atomic E-state index is 0.162. The Bertz CT molecular complexity index is 459. The predicted molar refractivity (Wildman–Crippen MR) is 74.5 cm³/mol. The van der Waals surface area contributed by atoms with Gasteiger partial charge in [-0.05, 0) is 38.0 Å². The van der Waals surface area contributed by atoms with E-state index in [2.05, 4.69) is 18.7 Å². The highest BCUT2D eigenvalue weighted by atomic mass is 19.2. The maximum absolute atomic E-state index is 13.2. The number of hydrogen-bond donors (Lipinski definition) is 1. The fraction of sp³-hybridized carbons (Fsp3) is 0.600. The lowest BCUT2D eigenvalue weighted by atomic mass is 9.88. The van der Waals surface area contributed by atoms with Gasteiger partial charge in [0.2, 0.25) is 0 Å². The van der Waals surface area contributed by atoms with Crippen LogP contribution in [0.3, 0.4) is 0 Å². The molecule has 0 amide bonds. The monoisotopic (exact) mass is 284 g/mol. The van der Waals surface area contributed by atoms with Crippen LogP contribution in [0.25, 0.3) is 0 Å². The Balaban J connectivity index is 2.05. The summed E-state index contributed by atoms with van der Waals surface area (Å²) in [7, 11) is 0. The Morgan fingerprint density at radius 2 is 1.90 bits per heavy atom. The Morgan fingerprint density at radius 1 is 1.25 bits per heavy atom. The van der Waals surface area contributed by atoms with Crippen molar-refractivity contribution in [2.24, 2.45) is 5.73 Å². The van der Waals surface area contributed by atoms with Crippen molar-refractivity contribution < 1.29 is 13.5 Å². The molecule has 3 nitrogen and oxygen atoms in total. The van der Waals surface area contributed by atoms with Crippen LogP contribution in [0, 0.1) is 11.6 Å². The Morgan fingerprint density at radius 3 is 2.50 bits per heavy atom. The van der Waals surface area contributed by atoms with Crippen molar-refractivity contribution in [1.82, 2.24) is 4.90 Å². The first-order chi connectivity index (χ1) is 9.41. The molecule has 1 saturated heterocycles. The van der Waals surface area contributed by atoms with Crippen molar-refractivity contribution in [2.45, 2.75) is 31.8 Å². The summed E-state index contributed by atoms with van der Waals surface area (Å²) in [5.41, 5.74) is 6.81. The van der Waals surface area contributed by atoms with E-state index in [1.165, 1.54) is 6.07 Å². The quantitative estimate of drug-likeness (QED) is 0.918. The molecule has 1 aliphatic rings. The number of nitrogens with zero attached hydrogens (tertiary/aromatic N) is 1. The second-order valence-electron chi connectivity index (χ2n) is 5.81. The van der Waals surface area contributed by atoms with Crippen LogP contribution in [0.15, 0.2) is 18.2 Å². The normalized spacial score (nSPS) is 19.1. The molecule has 2 rings (SSSR count). The van der Waals surface area contributed by atoms with E-state index in [-0.39, 0.29) is 11.6 Å². The topological polar surface area (TPSA) is 38.5 Å². The van der Waals surface area contributed by atoms with Crippen molar-refractivity contribution in [3.05, 3.63) is 35.4 Å². The summed E-state index contributed by atoms with van der Waals surface area (Å²) in [6, 6.07) is 3.81. The van der Waals surface area contributed by atoms with Gasteiger partial charge in [-0.2, -0.15) is 0 Å². The lowest BCUT2D eigenvalue weighted by Gasteiger charge is -2.44. The maximum Gasteiger partial charge on any atom is 0.159 e. The van der Waals surface area contributed by atoms with E-state index in [1.54, 1.807) is 6.07 Å². The molecule has 1 aromatic rings. The summed E-state index contributed by atoms with van der Waals surface area (Å²) in [6.45, 7) is 7.28. The summed E-state index contributed by atoms with van der Waals surface area (Å²) in [6.07, 6.45) is 0.515. The molecule has 1 atom stereocenters. The lowest BCUT2D eigenvalue weighted by molar-refractivity contribution is -0.0186. The molecule has 0 spiro atoms. The summed E-state index contributed by atoms with van der Waals surface area (Å²) in [5.74, 6) is -1.64. The van der Waals surface area contributed by atoms with E-state index in [0.717, 1.165) is 24.7 Å². The van der Waals surface area contributed by atoms with Crippen molar-refractivity contribution >= 4 is 0 Å². The highest BCUT2D eigenvalue weighted by molar-refractivity contribution is 5.19. The van der Waals surface area contributed by atoms with Crippen LogP contribution in [-0.4, -0.2) is 42.8 Å². The van der Waals surface area contributed by atoms with Crippen LogP contribution in [0.4, 0.5) is 8.78 Å². The third kappa shape index (κ3) is 3.34. The van der Waals surface area contributed by atoms with E-state index < -0.39 is 11.6 Å². The van der Waals surface area contributed by atoms with Crippen molar-refractivity contribution in [2.75, 3.05) is 26.3 Å². The van der Waals surface area contributed by atoms with Crippen molar-refractivity contribution in [1.29, 1.82) is 0 Å². The van der Waals surface area contributed by atoms with E-state index in [1.807, 2.05) is 0 Å². The van der Waals surface area contributed by atoms with Gasteiger partial charge in [0.25, 0.3) is 0 Å². The SMILES string of the molecule is CC(C)(C(N)Cc1ccc(F)c(F)c1)N1CCOCC1. The van der Waals surface area contributed by atoms with E-state index in [9.17, 15) is 8.78 Å². The third-order valence-corrected chi connectivity index (χ3v) is 4.17. The average Bonchev–Trinajstić information content (AvgIpc) is 2.44. The summed E-state index contributed by atoms with van der Waals surface area (Å²) in [4.78, 5) is 2.29. The van der Waals surface area contributed by atoms with Gasteiger partial charge in [-0.25, -0.2) is 8.78 Å². The first-order valence-corrected chi connectivity index (χ1v) is 6.93. The molecule has 0 aliphatic carbocycles. The number of ether oxygens (including phenoxy) is 1. The molecule has 0 aromatic heterocycles. The van der Waals surface area contributed by atoms with E-state index >= 15 is 0 Å². The first-order valence-electron chi connectivity index (χ1n) is 6.93. The molecule has 5 heteroatoms. The van der Waals surface area contributed by atoms with Gasteiger partial charge in [-0.1, -0.05) is 6.07 Å². The Kier molecular flexibility index (Phi) is 4.73. The highest BCUT2D eigenvalue weighted by Crippen LogP contribution is 2.22. The second-order valence-corrected chi connectivity index (χ2v) is 5.81. The molecule has 1 fully saturated rings. The van der Waals surface area contributed by atoms with Gasteiger partial charge < -0.3 is 10.5 Å². The van der Waals surface area contributed by atoms with Crippen LogP contribution in [-0.2, 0) is 11.2 Å². The maximum atomic E-state index is 13.2. The number of morpholine rings is 1. The number of halogens is 2. The van der Waals surface area contributed by atoms with E-state index in [0.29, 0.717) is 19.6 Å². The van der Waals surface area contributed by atoms with Gasteiger partial charge >= 0.3 is 0 Å². The molecule has 0 radical (unpaired) electrons. The Hall–Kier alpha value is -1.04. The molecule has 1 heterocycles. The number of hydrogen-bond acceptors (Lipinski definition) is 3.